The molecule has 0 aliphatic rings. The van der Waals surface area contributed by atoms with Crippen LogP contribution < -0.4 is 10.6 Å². The van der Waals surface area contributed by atoms with Gasteiger partial charge in [0.2, 0.25) is 16.9 Å². The standard InChI is InChI=1S/C10H14ClN5O3/c1-3-4-12-10(17)6(2)15-9-7(16(18)19)8(11)13-5-14-9/h5-6H,3-4H2,1-2H3,(H,12,17)(H,13,14,15). The Hall–Kier alpha value is -1.96. The lowest BCUT2D eigenvalue weighted by molar-refractivity contribution is -0.384. The molecule has 0 saturated carbocycles. The van der Waals surface area contributed by atoms with E-state index in [-0.39, 0.29) is 16.9 Å². The molecule has 0 aromatic carbocycles. The minimum atomic E-state index is -0.693. The molecule has 9 heteroatoms. The van der Waals surface area contributed by atoms with Gasteiger partial charge in [0.1, 0.15) is 12.4 Å². The lowest BCUT2D eigenvalue weighted by Gasteiger charge is -2.14. The summed E-state index contributed by atoms with van der Waals surface area (Å²) in [5.41, 5.74) is -0.445. The Balaban J connectivity index is 2.85. The first-order chi connectivity index (χ1) is 8.97. The fraction of sp³-hybridized carbons (Fsp3) is 0.500. The normalized spacial score (nSPS) is 11.7. The maximum atomic E-state index is 11.7. The molecule has 0 bridgehead atoms. The van der Waals surface area contributed by atoms with Crippen molar-refractivity contribution in [1.82, 2.24) is 15.3 Å². The highest BCUT2D eigenvalue weighted by Gasteiger charge is 2.24. The molecule has 0 radical (unpaired) electrons. The van der Waals surface area contributed by atoms with E-state index in [0.29, 0.717) is 6.54 Å². The molecule has 0 aliphatic heterocycles. The third-order valence-electron chi connectivity index (χ3n) is 2.26. The largest absolute Gasteiger partial charge is 0.354 e. The van der Waals surface area contributed by atoms with Gasteiger partial charge in [-0.3, -0.25) is 14.9 Å². The Morgan fingerprint density at radius 2 is 2.26 bits per heavy atom. The minimum Gasteiger partial charge on any atom is -0.354 e. The molecule has 1 aromatic rings. The topological polar surface area (TPSA) is 110 Å². The molecule has 1 heterocycles. The summed E-state index contributed by atoms with van der Waals surface area (Å²) >= 11 is 5.64. The van der Waals surface area contributed by atoms with Crippen molar-refractivity contribution in [3.05, 3.63) is 21.6 Å². The Labute approximate surface area is 114 Å². The molecule has 1 rings (SSSR count). The number of nitrogens with one attached hydrogen (secondary N) is 2. The van der Waals surface area contributed by atoms with Crippen LogP contribution in [-0.2, 0) is 4.79 Å². The van der Waals surface area contributed by atoms with E-state index in [4.69, 9.17) is 11.6 Å². The van der Waals surface area contributed by atoms with Gasteiger partial charge in [-0.1, -0.05) is 18.5 Å². The number of anilines is 1. The quantitative estimate of drug-likeness (QED) is 0.464. The van der Waals surface area contributed by atoms with Gasteiger partial charge < -0.3 is 10.6 Å². The van der Waals surface area contributed by atoms with Crippen molar-refractivity contribution in [2.45, 2.75) is 26.3 Å². The number of nitro groups is 1. The van der Waals surface area contributed by atoms with Crippen LogP contribution in [0.1, 0.15) is 20.3 Å². The molecule has 0 aliphatic carbocycles. The van der Waals surface area contributed by atoms with Gasteiger partial charge in [0.15, 0.2) is 0 Å². The van der Waals surface area contributed by atoms with Crippen LogP contribution in [0.5, 0.6) is 0 Å². The average Bonchev–Trinajstić information content (AvgIpc) is 2.35. The van der Waals surface area contributed by atoms with Gasteiger partial charge in [-0.25, -0.2) is 9.97 Å². The molecule has 19 heavy (non-hydrogen) atoms. The van der Waals surface area contributed by atoms with Gasteiger partial charge in [0.25, 0.3) is 0 Å². The predicted molar refractivity (Wildman–Crippen MR) is 70.1 cm³/mol. The van der Waals surface area contributed by atoms with E-state index in [1.165, 1.54) is 0 Å². The highest BCUT2D eigenvalue weighted by atomic mass is 35.5. The van der Waals surface area contributed by atoms with Crippen molar-refractivity contribution in [1.29, 1.82) is 0 Å². The van der Waals surface area contributed by atoms with Crippen molar-refractivity contribution in [3.8, 4) is 0 Å². The van der Waals surface area contributed by atoms with Crippen LogP contribution in [0.2, 0.25) is 5.15 Å². The molecule has 1 unspecified atom stereocenters. The monoisotopic (exact) mass is 287 g/mol. The minimum absolute atomic E-state index is 0.0795. The average molecular weight is 288 g/mol. The lowest BCUT2D eigenvalue weighted by atomic mass is 10.3. The molecule has 0 saturated heterocycles. The second kappa shape index (κ2) is 6.83. The number of amides is 1. The van der Waals surface area contributed by atoms with Crippen LogP contribution in [0.25, 0.3) is 0 Å². The Morgan fingerprint density at radius 3 is 2.84 bits per heavy atom. The number of nitrogens with zero attached hydrogens (tertiary/aromatic N) is 3. The number of halogens is 1. The number of aromatic nitrogens is 2. The lowest BCUT2D eigenvalue weighted by Crippen LogP contribution is -2.38. The van der Waals surface area contributed by atoms with Crippen LogP contribution in [-0.4, -0.2) is 33.4 Å². The zero-order valence-corrected chi connectivity index (χ0v) is 11.3. The van der Waals surface area contributed by atoms with Crippen LogP contribution in [0.4, 0.5) is 11.5 Å². The van der Waals surface area contributed by atoms with Gasteiger partial charge in [-0.05, 0) is 13.3 Å². The first kappa shape index (κ1) is 15.1. The molecule has 1 amide bonds. The molecule has 0 fully saturated rings. The maximum Gasteiger partial charge on any atom is 0.348 e. The second-order valence-electron chi connectivity index (χ2n) is 3.78. The smallest absolute Gasteiger partial charge is 0.348 e. The summed E-state index contributed by atoms with van der Waals surface area (Å²) in [7, 11) is 0. The van der Waals surface area contributed by atoms with E-state index in [2.05, 4.69) is 20.6 Å². The molecule has 0 spiro atoms. The van der Waals surface area contributed by atoms with Crippen LogP contribution in [0, 0.1) is 10.1 Å². The van der Waals surface area contributed by atoms with E-state index < -0.39 is 16.7 Å². The van der Waals surface area contributed by atoms with Crippen molar-refractivity contribution < 1.29 is 9.72 Å². The maximum absolute atomic E-state index is 11.7. The zero-order valence-electron chi connectivity index (χ0n) is 10.5. The molecule has 1 aromatic heterocycles. The second-order valence-corrected chi connectivity index (χ2v) is 4.13. The van der Waals surface area contributed by atoms with Crippen molar-refractivity contribution in [2.75, 3.05) is 11.9 Å². The van der Waals surface area contributed by atoms with E-state index in [9.17, 15) is 14.9 Å². The number of carbonyl (C=O) groups is 1. The molecule has 2 N–H and O–H groups in total. The summed E-state index contributed by atoms with van der Waals surface area (Å²) in [5.74, 6) is -0.352. The first-order valence-electron chi connectivity index (χ1n) is 5.66. The number of rotatable bonds is 6. The molecule has 8 nitrogen and oxygen atoms in total. The number of hydrogen-bond acceptors (Lipinski definition) is 6. The predicted octanol–water partition coefficient (Wildman–Crippen LogP) is 1.36. The summed E-state index contributed by atoms with van der Waals surface area (Å²) in [6.07, 6.45) is 1.90. The first-order valence-corrected chi connectivity index (χ1v) is 6.04. The fourth-order valence-electron chi connectivity index (χ4n) is 1.30. The summed E-state index contributed by atoms with van der Waals surface area (Å²) in [6.45, 7) is 4.04. The Kier molecular flexibility index (Phi) is 5.43. The molecular formula is C10H14ClN5O3. The van der Waals surface area contributed by atoms with E-state index in [0.717, 1.165) is 12.7 Å². The summed E-state index contributed by atoms with van der Waals surface area (Å²) in [6, 6.07) is -0.670. The summed E-state index contributed by atoms with van der Waals surface area (Å²) < 4.78 is 0. The Bertz CT molecular complexity index is 482. The van der Waals surface area contributed by atoms with Crippen LogP contribution >= 0.6 is 11.6 Å². The highest BCUT2D eigenvalue weighted by Crippen LogP contribution is 2.28. The van der Waals surface area contributed by atoms with Crippen molar-refractivity contribution in [3.63, 3.8) is 0 Å². The van der Waals surface area contributed by atoms with Crippen LogP contribution in [0.3, 0.4) is 0 Å². The third kappa shape index (κ3) is 4.02. The van der Waals surface area contributed by atoms with Gasteiger partial charge >= 0.3 is 5.69 Å². The molecule has 104 valence electrons. The highest BCUT2D eigenvalue weighted by molar-refractivity contribution is 6.31. The Morgan fingerprint density at radius 1 is 1.58 bits per heavy atom. The summed E-state index contributed by atoms with van der Waals surface area (Å²) in [5, 5.41) is 15.9. The third-order valence-corrected chi connectivity index (χ3v) is 2.53. The molecular weight excluding hydrogens is 274 g/mol. The van der Waals surface area contributed by atoms with Crippen molar-refractivity contribution in [2.24, 2.45) is 0 Å². The number of hydrogen-bond donors (Lipinski definition) is 2. The van der Waals surface area contributed by atoms with Gasteiger partial charge in [-0.15, -0.1) is 0 Å². The van der Waals surface area contributed by atoms with Gasteiger partial charge in [-0.2, -0.15) is 0 Å². The van der Waals surface area contributed by atoms with E-state index in [1.54, 1.807) is 6.92 Å². The van der Waals surface area contributed by atoms with E-state index in [1.807, 2.05) is 6.92 Å². The SMILES string of the molecule is CCCNC(=O)C(C)Nc1ncnc(Cl)c1[N+](=O)[O-]. The van der Waals surface area contributed by atoms with Gasteiger partial charge in [0.05, 0.1) is 4.92 Å². The van der Waals surface area contributed by atoms with Crippen molar-refractivity contribution >= 4 is 29.0 Å². The number of carbonyl (C=O) groups excluding carboxylic acids is 1. The zero-order chi connectivity index (χ0) is 14.4. The van der Waals surface area contributed by atoms with Crippen LogP contribution in [0.15, 0.2) is 6.33 Å². The van der Waals surface area contributed by atoms with E-state index >= 15 is 0 Å². The van der Waals surface area contributed by atoms with Gasteiger partial charge in [0, 0.05) is 6.54 Å². The molecule has 1 atom stereocenters. The summed E-state index contributed by atoms with van der Waals surface area (Å²) in [4.78, 5) is 29.1. The fourth-order valence-corrected chi connectivity index (χ4v) is 1.50.